The largest absolute Gasteiger partial charge is 0.619 e. The summed E-state index contributed by atoms with van der Waals surface area (Å²) >= 11 is 0. The first-order valence-corrected chi connectivity index (χ1v) is 10.2. The predicted octanol–water partition coefficient (Wildman–Crippen LogP) is 1.67. The molecular formula is C20H27N7O2. The third kappa shape index (κ3) is 4.09. The molecule has 4 heterocycles. The highest BCUT2D eigenvalue weighted by Gasteiger charge is 2.26. The monoisotopic (exact) mass is 397 g/mol. The van der Waals surface area contributed by atoms with Crippen molar-refractivity contribution in [3.63, 3.8) is 0 Å². The number of nitrogens with zero attached hydrogens (tertiary/aromatic N) is 6. The zero-order valence-corrected chi connectivity index (χ0v) is 16.7. The highest BCUT2D eigenvalue weighted by Crippen LogP contribution is 2.26. The smallest absolute Gasteiger partial charge is 0.230 e. The quantitative estimate of drug-likeness (QED) is 0.461. The molecule has 1 aliphatic heterocycles. The van der Waals surface area contributed by atoms with Gasteiger partial charge < -0.3 is 20.5 Å². The fourth-order valence-electron chi connectivity index (χ4n) is 3.90. The molecule has 3 aromatic heterocycles. The number of piperidine rings is 1. The SMILES string of the molecule is CCc1cnn2c(NCc3ccc[n+]([O-])c3)nc(N3CCCC[C@@H]3CCO)nc12. The van der Waals surface area contributed by atoms with Gasteiger partial charge in [-0.15, -0.1) is 0 Å². The Morgan fingerprint density at radius 1 is 1.34 bits per heavy atom. The number of hydrogen-bond acceptors (Lipinski definition) is 7. The molecule has 0 amide bonds. The molecular weight excluding hydrogens is 370 g/mol. The minimum absolute atomic E-state index is 0.157. The van der Waals surface area contributed by atoms with Crippen LogP contribution in [0, 0.1) is 5.21 Å². The molecule has 0 spiro atoms. The molecule has 1 fully saturated rings. The van der Waals surface area contributed by atoms with Crippen LogP contribution in [0.1, 0.15) is 43.7 Å². The molecule has 29 heavy (non-hydrogen) atoms. The summed E-state index contributed by atoms with van der Waals surface area (Å²) < 4.78 is 2.51. The van der Waals surface area contributed by atoms with Gasteiger partial charge in [0.25, 0.3) is 0 Å². The number of aromatic nitrogens is 5. The molecule has 0 bridgehead atoms. The van der Waals surface area contributed by atoms with E-state index in [9.17, 15) is 10.3 Å². The fourth-order valence-corrected chi connectivity index (χ4v) is 3.90. The molecule has 1 saturated heterocycles. The van der Waals surface area contributed by atoms with Gasteiger partial charge in [0.1, 0.15) is 0 Å². The molecule has 0 unspecified atom stereocenters. The number of fused-ring (bicyclic) bond motifs is 1. The van der Waals surface area contributed by atoms with Crippen molar-refractivity contribution < 1.29 is 9.84 Å². The summed E-state index contributed by atoms with van der Waals surface area (Å²) in [5.41, 5.74) is 2.71. The number of hydrogen-bond donors (Lipinski definition) is 2. The summed E-state index contributed by atoms with van der Waals surface area (Å²) in [5.74, 6) is 1.26. The number of nitrogens with one attached hydrogen (secondary N) is 1. The van der Waals surface area contributed by atoms with Gasteiger partial charge in [-0.3, -0.25) is 0 Å². The van der Waals surface area contributed by atoms with Crippen molar-refractivity contribution in [3.8, 4) is 0 Å². The van der Waals surface area contributed by atoms with Gasteiger partial charge in [-0.25, -0.2) is 0 Å². The molecule has 3 aromatic rings. The van der Waals surface area contributed by atoms with Crippen molar-refractivity contribution in [1.82, 2.24) is 19.6 Å². The van der Waals surface area contributed by atoms with Gasteiger partial charge in [0.05, 0.1) is 6.20 Å². The first-order chi connectivity index (χ1) is 14.2. The van der Waals surface area contributed by atoms with Crippen LogP contribution < -0.4 is 14.9 Å². The van der Waals surface area contributed by atoms with Gasteiger partial charge >= 0.3 is 0 Å². The van der Waals surface area contributed by atoms with Crippen molar-refractivity contribution >= 4 is 17.5 Å². The molecule has 0 saturated carbocycles. The lowest BCUT2D eigenvalue weighted by Gasteiger charge is -2.35. The number of pyridine rings is 1. The molecule has 0 radical (unpaired) electrons. The zero-order valence-electron chi connectivity index (χ0n) is 16.7. The topological polar surface area (TPSA) is 106 Å². The number of rotatable bonds is 7. The maximum absolute atomic E-state index is 11.5. The van der Waals surface area contributed by atoms with Crippen molar-refractivity contribution in [2.24, 2.45) is 0 Å². The number of aliphatic hydroxyl groups excluding tert-OH is 1. The first-order valence-electron chi connectivity index (χ1n) is 10.2. The van der Waals surface area contributed by atoms with Crippen LogP contribution in [-0.2, 0) is 13.0 Å². The van der Waals surface area contributed by atoms with Crippen LogP contribution in [0.4, 0.5) is 11.9 Å². The lowest BCUT2D eigenvalue weighted by atomic mass is 10.0. The second-order valence-corrected chi connectivity index (χ2v) is 7.39. The van der Waals surface area contributed by atoms with Gasteiger partial charge in [-0.2, -0.15) is 24.3 Å². The molecule has 0 aliphatic carbocycles. The van der Waals surface area contributed by atoms with Crippen LogP contribution in [0.3, 0.4) is 0 Å². The first kappa shape index (κ1) is 19.4. The molecule has 0 aromatic carbocycles. The van der Waals surface area contributed by atoms with Crippen molar-refractivity contribution in [2.45, 2.75) is 51.6 Å². The van der Waals surface area contributed by atoms with Crippen LogP contribution in [-0.4, -0.2) is 43.9 Å². The van der Waals surface area contributed by atoms with Crippen LogP contribution >= 0.6 is 0 Å². The highest BCUT2D eigenvalue weighted by molar-refractivity contribution is 5.55. The van der Waals surface area contributed by atoms with Crippen LogP contribution in [0.2, 0.25) is 0 Å². The Morgan fingerprint density at radius 2 is 2.24 bits per heavy atom. The summed E-state index contributed by atoms with van der Waals surface area (Å²) in [4.78, 5) is 11.8. The van der Waals surface area contributed by atoms with Gasteiger partial charge in [0.2, 0.25) is 11.9 Å². The summed E-state index contributed by atoms with van der Waals surface area (Å²) in [5, 5.41) is 28.8. The molecule has 154 valence electrons. The lowest BCUT2D eigenvalue weighted by Crippen LogP contribution is -2.41. The average molecular weight is 397 g/mol. The molecule has 9 heteroatoms. The second-order valence-electron chi connectivity index (χ2n) is 7.39. The average Bonchev–Trinajstić information content (AvgIpc) is 3.16. The minimum Gasteiger partial charge on any atom is -0.619 e. The maximum Gasteiger partial charge on any atom is 0.230 e. The zero-order chi connectivity index (χ0) is 20.2. The Balaban J connectivity index is 1.69. The van der Waals surface area contributed by atoms with Crippen LogP contribution in [0.15, 0.2) is 30.7 Å². The van der Waals surface area contributed by atoms with E-state index in [1.54, 1.807) is 10.6 Å². The van der Waals surface area contributed by atoms with E-state index in [1.807, 2.05) is 12.3 Å². The van der Waals surface area contributed by atoms with E-state index in [0.29, 0.717) is 24.9 Å². The Bertz CT molecular complexity index is 973. The molecule has 9 nitrogen and oxygen atoms in total. The Hall–Kier alpha value is -2.94. The third-order valence-corrected chi connectivity index (χ3v) is 5.44. The lowest BCUT2D eigenvalue weighted by molar-refractivity contribution is -0.605. The Kier molecular flexibility index (Phi) is 5.75. The van der Waals surface area contributed by atoms with Gasteiger partial charge in [-0.05, 0) is 38.2 Å². The van der Waals surface area contributed by atoms with Gasteiger partial charge in [0, 0.05) is 42.9 Å². The molecule has 4 rings (SSSR count). The van der Waals surface area contributed by atoms with E-state index in [0.717, 1.165) is 53.7 Å². The number of aliphatic hydroxyl groups is 1. The fraction of sp³-hybridized carbons (Fsp3) is 0.500. The van der Waals surface area contributed by atoms with E-state index in [-0.39, 0.29) is 12.6 Å². The van der Waals surface area contributed by atoms with Crippen molar-refractivity contribution in [3.05, 3.63) is 47.1 Å². The summed E-state index contributed by atoms with van der Waals surface area (Å²) in [6.07, 6.45) is 9.65. The Labute approximate surface area is 169 Å². The summed E-state index contributed by atoms with van der Waals surface area (Å²) in [6, 6.07) is 3.86. The normalized spacial score (nSPS) is 17.0. The van der Waals surface area contributed by atoms with E-state index in [4.69, 9.17) is 9.97 Å². The van der Waals surface area contributed by atoms with E-state index in [2.05, 4.69) is 22.2 Å². The van der Waals surface area contributed by atoms with Crippen molar-refractivity contribution in [1.29, 1.82) is 0 Å². The van der Waals surface area contributed by atoms with E-state index >= 15 is 0 Å². The number of anilines is 2. The van der Waals surface area contributed by atoms with E-state index in [1.165, 1.54) is 12.4 Å². The van der Waals surface area contributed by atoms with Gasteiger partial charge in [0.15, 0.2) is 18.0 Å². The predicted molar refractivity (Wildman–Crippen MR) is 110 cm³/mol. The number of aryl methyl sites for hydroxylation is 1. The van der Waals surface area contributed by atoms with Gasteiger partial charge in [-0.1, -0.05) is 6.92 Å². The third-order valence-electron chi connectivity index (χ3n) is 5.44. The van der Waals surface area contributed by atoms with Crippen LogP contribution in [0.5, 0.6) is 0 Å². The molecule has 1 atom stereocenters. The maximum atomic E-state index is 11.5. The highest BCUT2D eigenvalue weighted by atomic mass is 16.5. The van der Waals surface area contributed by atoms with E-state index < -0.39 is 0 Å². The summed E-state index contributed by atoms with van der Waals surface area (Å²) in [7, 11) is 0. The summed E-state index contributed by atoms with van der Waals surface area (Å²) in [6.45, 7) is 3.57. The Morgan fingerprint density at radius 3 is 3.03 bits per heavy atom. The van der Waals surface area contributed by atoms with Crippen molar-refractivity contribution in [2.75, 3.05) is 23.4 Å². The molecule has 2 N–H and O–H groups in total. The molecule has 1 aliphatic rings. The minimum atomic E-state index is 0.157. The van der Waals surface area contributed by atoms with Crippen LogP contribution in [0.25, 0.3) is 5.65 Å². The standard InChI is InChI=1S/C20H27N7O2/c1-2-16-13-22-27-18(16)23-20(26-10-4-3-7-17(26)8-11-28)24-19(27)21-12-15-6-5-9-25(29)14-15/h5-6,9,13-14,17,28H,2-4,7-8,10-12H2,1H3,(H,21,23,24)/t17-/m1/s1. The second kappa shape index (κ2) is 8.60.